The number of carboxylic acids is 2. The summed E-state index contributed by atoms with van der Waals surface area (Å²) in [7, 11) is 0. The molecule has 0 aliphatic heterocycles. The van der Waals surface area contributed by atoms with Crippen molar-refractivity contribution in [3.05, 3.63) is 24.3 Å². The second kappa shape index (κ2) is 25.3. The molecule has 0 aliphatic carbocycles. The Labute approximate surface area is 166 Å². The predicted molar refractivity (Wildman–Crippen MR) is 100 cm³/mol. The van der Waals surface area contributed by atoms with E-state index in [1.807, 2.05) is 0 Å². The summed E-state index contributed by atoms with van der Waals surface area (Å²) in [6.07, 6.45) is 19.5. The van der Waals surface area contributed by atoms with Gasteiger partial charge < -0.3 is 10.2 Å². The van der Waals surface area contributed by atoms with Crippen LogP contribution in [0.5, 0.6) is 0 Å². The summed E-state index contributed by atoms with van der Waals surface area (Å²) in [5.74, 6) is -1.37. The molecule has 0 bridgehead atoms. The summed E-state index contributed by atoms with van der Waals surface area (Å²) in [5.41, 5.74) is 0. The molecule has 0 spiro atoms. The van der Waals surface area contributed by atoms with Crippen molar-refractivity contribution in [2.45, 2.75) is 90.9 Å². The maximum Gasteiger partial charge on any atom is 0.303 e. The molecule has 0 unspecified atom stereocenters. The van der Waals surface area contributed by atoms with Gasteiger partial charge in [-0.2, -0.15) is 0 Å². The molecule has 0 amide bonds. The average molecular weight is 406 g/mol. The fourth-order valence-corrected chi connectivity index (χ4v) is 1.88. The minimum atomic E-state index is -0.687. The van der Waals surface area contributed by atoms with Gasteiger partial charge in [-0.15, -0.1) is 0 Å². The van der Waals surface area contributed by atoms with Gasteiger partial charge in [0.25, 0.3) is 0 Å². The van der Waals surface area contributed by atoms with E-state index in [-0.39, 0.29) is 19.5 Å². The Kier molecular flexibility index (Phi) is 29.2. The van der Waals surface area contributed by atoms with Gasteiger partial charge in [0, 0.05) is 32.3 Å². The zero-order valence-corrected chi connectivity index (χ0v) is 19.2. The van der Waals surface area contributed by atoms with E-state index in [0.717, 1.165) is 51.4 Å². The number of carboxylic acid groups (broad SMARTS) is 2. The minimum Gasteiger partial charge on any atom is -0.481 e. The van der Waals surface area contributed by atoms with Crippen LogP contribution in [-0.2, 0) is 29.1 Å². The smallest absolute Gasteiger partial charge is 0.303 e. The van der Waals surface area contributed by atoms with Crippen LogP contribution in [0.3, 0.4) is 0 Å². The third-order valence-corrected chi connectivity index (χ3v) is 3.27. The van der Waals surface area contributed by atoms with Gasteiger partial charge in [-0.1, -0.05) is 51.0 Å². The van der Waals surface area contributed by atoms with Crippen molar-refractivity contribution in [2.75, 3.05) is 0 Å². The zero-order chi connectivity index (χ0) is 18.5. The van der Waals surface area contributed by atoms with E-state index < -0.39 is 11.9 Å². The van der Waals surface area contributed by atoms with Crippen molar-refractivity contribution in [3.8, 4) is 0 Å². The van der Waals surface area contributed by atoms with Crippen molar-refractivity contribution >= 4 is 11.9 Å². The molecular weight excluding hydrogens is 370 g/mol. The van der Waals surface area contributed by atoms with Gasteiger partial charge >= 0.3 is 11.9 Å². The Balaban J connectivity index is -0.000000372. The number of aliphatic carboxylic acids is 2. The van der Waals surface area contributed by atoms with Gasteiger partial charge in [0.1, 0.15) is 0 Å². The molecule has 5 heteroatoms. The second-order valence-electron chi connectivity index (χ2n) is 5.80. The first kappa shape index (κ1) is 28.8. The Morgan fingerprint density at radius 3 is 1.24 bits per heavy atom. The number of rotatable bonds is 14. The van der Waals surface area contributed by atoms with Gasteiger partial charge in [-0.05, 0) is 51.4 Å². The monoisotopic (exact) mass is 404 g/mol. The SMILES string of the molecule is CCCC=CCCCCC(=O)O.CCCC=CCCCCC(=O)O.[Zn]. The molecule has 2 N–H and O–H groups in total. The Morgan fingerprint density at radius 1 is 0.640 bits per heavy atom. The minimum absolute atomic E-state index is 0. The normalized spacial score (nSPS) is 10.3. The summed E-state index contributed by atoms with van der Waals surface area (Å²) in [5, 5.41) is 16.7. The van der Waals surface area contributed by atoms with Crippen molar-refractivity contribution in [1.29, 1.82) is 0 Å². The van der Waals surface area contributed by atoms with Crippen LogP contribution < -0.4 is 0 Å². The van der Waals surface area contributed by atoms with E-state index in [0.29, 0.717) is 12.8 Å². The number of hydrogen-bond donors (Lipinski definition) is 2. The number of carbonyl (C=O) groups is 2. The van der Waals surface area contributed by atoms with E-state index in [1.165, 1.54) is 12.8 Å². The number of hydrogen-bond acceptors (Lipinski definition) is 2. The van der Waals surface area contributed by atoms with E-state index in [2.05, 4.69) is 38.2 Å². The van der Waals surface area contributed by atoms with E-state index in [1.54, 1.807) is 0 Å². The third-order valence-electron chi connectivity index (χ3n) is 3.27. The molecule has 0 saturated heterocycles. The number of allylic oxidation sites excluding steroid dienone is 4. The first-order chi connectivity index (χ1) is 11.5. The zero-order valence-electron chi connectivity index (χ0n) is 16.2. The van der Waals surface area contributed by atoms with Crippen LogP contribution in [0.15, 0.2) is 24.3 Å². The predicted octanol–water partition coefficient (Wildman–Crippen LogP) is 5.97. The summed E-state index contributed by atoms with van der Waals surface area (Å²) >= 11 is 0. The summed E-state index contributed by atoms with van der Waals surface area (Å²) < 4.78 is 0. The maximum absolute atomic E-state index is 10.1. The summed E-state index contributed by atoms with van der Waals surface area (Å²) in [4.78, 5) is 20.2. The quantitative estimate of drug-likeness (QED) is 0.212. The van der Waals surface area contributed by atoms with Crippen molar-refractivity contribution in [2.24, 2.45) is 0 Å². The topological polar surface area (TPSA) is 74.6 Å². The van der Waals surface area contributed by atoms with Crippen LogP contribution in [-0.4, -0.2) is 22.2 Å². The molecule has 0 aromatic carbocycles. The van der Waals surface area contributed by atoms with Crippen LogP contribution in [0.25, 0.3) is 0 Å². The fraction of sp³-hybridized carbons (Fsp3) is 0.700. The van der Waals surface area contributed by atoms with Gasteiger partial charge in [-0.3, -0.25) is 9.59 Å². The van der Waals surface area contributed by atoms with Gasteiger partial charge in [-0.25, -0.2) is 0 Å². The molecule has 0 rings (SSSR count). The van der Waals surface area contributed by atoms with Crippen molar-refractivity contribution < 1.29 is 39.3 Å². The molecule has 0 radical (unpaired) electrons. The van der Waals surface area contributed by atoms with Crippen LogP contribution in [0.1, 0.15) is 90.9 Å². The van der Waals surface area contributed by atoms with Crippen LogP contribution in [0.4, 0.5) is 0 Å². The largest absolute Gasteiger partial charge is 0.481 e. The van der Waals surface area contributed by atoms with Crippen LogP contribution in [0, 0.1) is 0 Å². The Hall–Kier alpha value is -0.957. The molecule has 0 aromatic heterocycles. The van der Waals surface area contributed by atoms with E-state index in [9.17, 15) is 9.59 Å². The van der Waals surface area contributed by atoms with Crippen molar-refractivity contribution in [3.63, 3.8) is 0 Å². The van der Waals surface area contributed by atoms with E-state index in [4.69, 9.17) is 10.2 Å². The first-order valence-corrected chi connectivity index (χ1v) is 9.28. The number of unbranched alkanes of at least 4 members (excludes halogenated alkanes) is 6. The van der Waals surface area contributed by atoms with Gasteiger partial charge in [0.05, 0.1) is 0 Å². The molecule has 142 valence electrons. The van der Waals surface area contributed by atoms with E-state index >= 15 is 0 Å². The molecule has 4 nitrogen and oxygen atoms in total. The fourth-order valence-electron chi connectivity index (χ4n) is 1.88. The van der Waals surface area contributed by atoms with Crippen LogP contribution in [0.2, 0.25) is 0 Å². The molecule has 0 heterocycles. The maximum atomic E-state index is 10.1. The second-order valence-corrected chi connectivity index (χ2v) is 5.80. The molecule has 25 heavy (non-hydrogen) atoms. The average Bonchev–Trinajstić information content (AvgIpc) is 2.53. The molecule has 0 saturated carbocycles. The Morgan fingerprint density at radius 2 is 0.960 bits per heavy atom. The summed E-state index contributed by atoms with van der Waals surface area (Å²) in [6.45, 7) is 4.30. The Bertz CT molecular complexity index is 318. The van der Waals surface area contributed by atoms with Crippen LogP contribution >= 0.6 is 0 Å². The standard InChI is InChI=1S/2C10H18O2.Zn/c2*1-2-3-4-5-6-7-8-9-10(11)12;/h2*4-5H,2-3,6-9H2,1H3,(H,11,12);. The first-order valence-electron chi connectivity index (χ1n) is 9.28. The van der Waals surface area contributed by atoms with Gasteiger partial charge in [0.15, 0.2) is 0 Å². The molecule has 0 aliphatic rings. The van der Waals surface area contributed by atoms with Crippen molar-refractivity contribution in [1.82, 2.24) is 0 Å². The summed E-state index contributed by atoms with van der Waals surface area (Å²) in [6, 6.07) is 0. The molecule has 0 atom stereocenters. The molecule has 0 aromatic rings. The third kappa shape index (κ3) is 35.1. The molecule has 0 fully saturated rings. The molecular formula is C20H36O4Zn. The van der Waals surface area contributed by atoms with Gasteiger partial charge in [0.2, 0.25) is 0 Å².